The van der Waals surface area contributed by atoms with Crippen molar-refractivity contribution >= 4 is 0 Å². The molecule has 0 amide bonds. The van der Waals surface area contributed by atoms with Crippen LogP contribution in [0.3, 0.4) is 0 Å². The molecule has 0 saturated carbocycles. The Kier molecular flexibility index (Phi) is 7.10. The standard InChI is InChI=1S/C48H33N/c1-4-13-36(14-5-1)47-33-40(29-30-49-47)38-16-12-15-37(31-38)34-23-25-35(26-24-34)39-27-28-44-43-21-10-11-22-45(43)48(46(44)32-39,41-17-6-2-7-18-41)42-19-8-3-9-20-42/h1-33H. The van der Waals surface area contributed by atoms with Gasteiger partial charge in [-0.05, 0) is 91.0 Å². The first kappa shape index (κ1) is 28.9. The maximum atomic E-state index is 4.63. The van der Waals surface area contributed by atoms with Crippen LogP contribution in [0.25, 0.3) is 55.8 Å². The first-order chi connectivity index (χ1) is 24.3. The third-order valence-corrected chi connectivity index (χ3v) is 10.0. The minimum absolute atomic E-state index is 0.405. The maximum absolute atomic E-state index is 4.63. The Morgan fingerprint density at radius 1 is 0.306 bits per heavy atom. The summed E-state index contributed by atoms with van der Waals surface area (Å²) < 4.78 is 0. The second-order valence-electron chi connectivity index (χ2n) is 12.7. The Morgan fingerprint density at radius 2 is 0.796 bits per heavy atom. The van der Waals surface area contributed by atoms with E-state index in [2.05, 4.69) is 193 Å². The van der Waals surface area contributed by atoms with Gasteiger partial charge < -0.3 is 0 Å². The van der Waals surface area contributed by atoms with Gasteiger partial charge in [0.05, 0.1) is 11.1 Å². The summed E-state index contributed by atoms with van der Waals surface area (Å²) in [6.07, 6.45) is 1.90. The van der Waals surface area contributed by atoms with E-state index in [9.17, 15) is 0 Å². The van der Waals surface area contributed by atoms with Crippen LogP contribution in [0.2, 0.25) is 0 Å². The van der Waals surface area contributed by atoms with E-state index in [1.54, 1.807) is 0 Å². The van der Waals surface area contributed by atoms with E-state index in [4.69, 9.17) is 0 Å². The number of fused-ring (bicyclic) bond motifs is 3. The quantitative estimate of drug-likeness (QED) is 0.180. The maximum Gasteiger partial charge on any atom is 0.0713 e. The van der Waals surface area contributed by atoms with Crippen molar-refractivity contribution in [3.63, 3.8) is 0 Å². The third-order valence-electron chi connectivity index (χ3n) is 10.0. The normalized spacial score (nSPS) is 12.7. The number of aromatic nitrogens is 1. The number of benzene rings is 7. The molecule has 9 rings (SSSR count). The highest BCUT2D eigenvalue weighted by Gasteiger charge is 2.46. The number of hydrogen-bond acceptors (Lipinski definition) is 1. The van der Waals surface area contributed by atoms with E-state index >= 15 is 0 Å². The molecule has 1 aliphatic carbocycles. The molecule has 0 radical (unpaired) electrons. The van der Waals surface area contributed by atoms with Crippen LogP contribution in [0.1, 0.15) is 22.3 Å². The van der Waals surface area contributed by atoms with Crippen molar-refractivity contribution in [3.8, 4) is 55.8 Å². The van der Waals surface area contributed by atoms with E-state index in [0.29, 0.717) is 0 Å². The molecule has 0 saturated heterocycles. The molecule has 1 aromatic heterocycles. The van der Waals surface area contributed by atoms with E-state index in [0.717, 1.165) is 16.8 Å². The van der Waals surface area contributed by atoms with Crippen molar-refractivity contribution in [3.05, 3.63) is 223 Å². The predicted octanol–water partition coefficient (Wildman–Crippen LogP) is 12.1. The molecule has 230 valence electrons. The van der Waals surface area contributed by atoms with Crippen LogP contribution in [0.5, 0.6) is 0 Å². The number of nitrogens with zero attached hydrogens (tertiary/aromatic N) is 1. The lowest BCUT2D eigenvalue weighted by molar-refractivity contribution is 0.769. The molecule has 1 nitrogen and oxygen atoms in total. The highest BCUT2D eigenvalue weighted by molar-refractivity contribution is 5.88. The summed E-state index contributed by atoms with van der Waals surface area (Å²) in [6, 6.07) is 70.4. The van der Waals surface area contributed by atoms with Gasteiger partial charge in [-0.15, -0.1) is 0 Å². The van der Waals surface area contributed by atoms with Crippen molar-refractivity contribution < 1.29 is 0 Å². The number of pyridine rings is 1. The van der Waals surface area contributed by atoms with Gasteiger partial charge in [0.15, 0.2) is 0 Å². The molecule has 0 N–H and O–H groups in total. The number of rotatable bonds is 6. The fourth-order valence-corrected chi connectivity index (χ4v) is 7.73. The SMILES string of the molecule is c1ccc(-c2cc(-c3cccc(-c4ccc(-c5ccc6c(c5)C(c5ccccc5)(c5ccccc5)c5ccccc5-6)cc4)c3)ccn2)cc1. The molecule has 0 aliphatic heterocycles. The van der Waals surface area contributed by atoms with E-state index in [1.165, 1.54) is 61.2 Å². The minimum Gasteiger partial charge on any atom is -0.256 e. The lowest BCUT2D eigenvalue weighted by Gasteiger charge is -2.34. The van der Waals surface area contributed by atoms with Crippen molar-refractivity contribution in [2.45, 2.75) is 5.41 Å². The van der Waals surface area contributed by atoms with Crippen molar-refractivity contribution in [1.29, 1.82) is 0 Å². The molecule has 0 unspecified atom stereocenters. The first-order valence-corrected chi connectivity index (χ1v) is 16.9. The molecule has 0 atom stereocenters. The average molecular weight is 624 g/mol. The van der Waals surface area contributed by atoms with Gasteiger partial charge in [0.1, 0.15) is 0 Å². The topological polar surface area (TPSA) is 12.9 Å². The second kappa shape index (κ2) is 12.0. The zero-order valence-corrected chi connectivity index (χ0v) is 27.0. The van der Waals surface area contributed by atoms with Gasteiger partial charge in [-0.25, -0.2) is 0 Å². The van der Waals surface area contributed by atoms with Crippen molar-refractivity contribution in [2.75, 3.05) is 0 Å². The molecule has 1 heterocycles. The van der Waals surface area contributed by atoms with Gasteiger partial charge in [-0.3, -0.25) is 4.98 Å². The van der Waals surface area contributed by atoms with Crippen LogP contribution in [0, 0.1) is 0 Å². The summed E-state index contributed by atoms with van der Waals surface area (Å²) in [5.74, 6) is 0. The molecule has 0 bridgehead atoms. The van der Waals surface area contributed by atoms with E-state index in [-0.39, 0.29) is 0 Å². The summed E-state index contributed by atoms with van der Waals surface area (Å²) in [7, 11) is 0. The van der Waals surface area contributed by atoms with Crippen LogP contribution in [0.15, 0.2) is 200 Å². The molecule has 0 spiro atoms. The number of hydrogen-bond donors (Lipinski definition) is 0. The molecule has 49 heavy (non-hydrogen) atoms. The Labute approximate surface area is 287 Å². The van der Waals surface area contributed by atoms with Crippen molar-refractivity contribution in [1.82, 2.24) is 4.98 Å². The Bertz CT molecular complexity index is 2370. The highest BCUT2D eigenvalue weighted by Crippen LogP contribution is 2.56. The highest BCUT2D eigenvalue weighted by atomic mass is 14.7. The molecule has 7 aromatic carbocycles. The van der Waals surface area contributed by atoms with Gasteiger partial charge in [-0.2, -0.15) is 0 Å². The van der Waals surface area contributed by atoms with E-state index in [1.807, 2.05) is 12.3 Å². The smallest absolute Gasteiger partial charge is 0.0713 e. The van der Waals surface area contributed by atoms with Crippen LogP contribution in [-0.4, -0.2) is 4.98 Å². The molecule has 1 aliphatic rings. The second-order valence-corrected chi connectivity index (χ2v) is 12.7. The first-order valence-electron chi connectivity index (χ1n) is 16.9. The van der Waals surface area contributed by atoms with Crippen LogP contribution in [-0.2, 0) is 5.41 Å². The summed E-state index contributed by atoms with van der Waals surface area (Å²) in [5.41, 5.74) is 16.7. The van der Waals surface area contributed by atoms with Gasteiger partial charge in [0.25, 0.3) is 0 Å². The summed E-state index contributed by atoms with van der Waals surface area (Å²) in [5, 5.41) is 0. The van der Waals surface area contributed by atoms with Crippen LogP contribution >= 0.6 is 0 Å². The fourth-order valence-electron chi connectivity index (χ4n) is 7.73. The zero-order valence-electron chi connectivity index (χ0n) is 27.0. The van der Waals surface area contributed by atoms with Crippen molar-refractivity contribution in [2.24, 2.45) is 0 Å². The lowest BCUT2D eigenvalue weighted by atomic mass is 9.67. The van der Waals surface area contributed by atoms with Gasteiger partial charge >= 0.3 is 0 Å². The summed E-state index contributed by atoms with van der Waals surface area (Å²) in [6.45, 7) is 0. The summed E-state index contributed by atoms with van der Waals surface area (Å²) >= 11 is 0. The Balaban J connectivity index is 1.10. The minimum atomic E-state index is -0.405. The molecule has 0 fully saturated rings. The third kappa shape index (κ3) is 4.91. The average Bonchev–Trinajstić information content (AvgIpc) is 3.49. The van der Waals surface area contributed by atoms with E-state index < -0.39 is 5.41 Å². The molecular weight excluding hydrogens is 591 g/mol. The van der Waals surface area contributed by atoms with Gasteiger partial charge in [0, 0.05) is 11.8 Å². The lowest BCUT2D eigenvalue weighted by Crippen LogP contribution is -2.28. The Morgan fingerprint density at radius 3 is 1.47 bits per heavy atom. The molecule has 1 heteroatoms. The largest absolute Gasteiger partial charge is 0.256 e. The van der Waals surface area contributed by atoms with Crippen LogP contribution in [0.4, 0.5) is 0 Å². The van der Waals surface area contributed by atoms with Gasteiger partial charge in [0.2, 0.25) is 0 Å². The summed E-state index contributed by atoms with van der Waals surface area (Å²) in [4.78, 5) is 4.63. The predicted molar refractivity (Wildman–Crippen MR) is 203 cm³/mol. The zero-order chi connectivity index (χ0) is 32.6. The van der Waals surface area contributed by atoms with Crippen LogP contribution < -0.4 is 0 Å². The fraction of sp³-hybridized carbons (Fsp3) is 0.0208. The molecular formula is C48H33N. The molecule has 8 aromatic rings. The Hall–Kier alpha value is -6.31. The monoisotopic (exact) mass is 623 g/mol. The van der Waals surface area contributed by atoms with Gasteiger partial charge in [-0.1, -0.05) is 170 Å².